The van der Waals surface area contributed by atoms with Gasteiger partial charge in [-0.05, 0) is 112 Å². The van der Waals surface area contributed by atoms with Gasteiger partial charge in [-0.1, -0.05) is 39.3 Å². The van der Waals surface area contributed by atoms with Gasteiger partial charge in [0.2, 0.25) is 11.6 Å². The molecule has 8 heterocycles. The second kappa shape index (κ2) is 12.5. The van der Waals surface area contributed by atoms with Crippen LogP contribution in [0.2, 0.25) is 5.02 Å². The van der Waals surface area contributed by atoms with Crippen LogP contribution in [0.1, 0.15) is 99.3 Å². The van der Waals surface area contributed by atoms with E-state index in [1.54, 1.807) is 24.3 Å². The molecule has 2 aliphatic carbocycles. The zero-order chi connectivity index (χ0) is 35.5. The second-order valence-electron chi connectivity index (χ2n) is 17.6. The van der Waals surface area contributed by atoms with E-state index in [0.717, 1.165) is 51.4 Å². The molecule has 1 aromatic carbocycles. The highest BCUT2D eigenvalue weighted by Crippen LogP contribution is 2.63. The van der Waals surface area contributed by atoms with Crippen molar-refractivity contribution in [3.63, 3.8) is 0 Å². The Labute approximate surface area is 305 Å². The van der Waals surface area contributed by atoms with Crippen molar-refractivity contribution in [2.24, 2.45) is 47.3 Å². The summed E-state index contributed by atoms with van der Waals surface area (Å²) < 4.78 is 33.9. The van der Waals surface area contributed by atoms with Gasteiger partial charge in [-0.25, -0.2) is 24.3 Å². The molecule has 11 rings (SSSR count). The Hall–Kier alpha value is -1.54. The van der Waals surface area contributed by atoms with Crippen LogP contribution in [0.15, 0.2) is 24.3 Å². The molecule has 0 radical (unpaired) electrons. The van der Waals surface area contributed by atoms with Crippen molar-refractivity contribution in [3.05, 3.63) is 29.3 Å². The number of fused-ring (bicyclic) bond motifs is 4. The molecule has 2 saturated carbocycles. The van der Waals surface area contributed by atoms with Crippen molar-refractivity contribution in [3.8, 4) is 0 Å². The third-order valence-corrected chi connectivity index (χ3v) is 14.9. The highest BCUT2D eigenvalue weighted by atomic mass is 35.5. The van der Waals surface area contributed by atoms with Crippen LogP contribution in [0.25, 0.3) is 0 Å². The number of carbonyl (C=O) groups excluding carboxylic acids is 1. The minimum Gasteiger partial charge on any atom is -0.443 e. The molecule has 51 heavy (non-hydrogen) atoms. The van der Waals surface area contributed by atoms with Gasteiger partial charge in [-0.15, -0.1) is 0 Å². The van der Waals surface area contributed by atoms with E-state index in [4.69, 9.17) is 54.8 Å². The summed E-state index contributed by atoms with van der Waals surface area (Å²) in [6.07, 6.45) is 4.61. The van der Waals surface area contributed by atoms with E-state index < -0.39 is 53.7 Å². The summed E-state index contributed by atoms with van der Waals surface area (Å²) in [7, 11) is 0. The predicted molar refractivity (Wildman–Crippen MR) is 184 cm³/mol. The molecule has 282 valence electrons. The fourth-order valence-electron chi connectivity index (χ4n) is 11.9. The van der Waals surface area contributed by atoms with Gasteiger partial charge in [0.05, 0.1) is 6.10 Å². The first-order valence-electron chi connectivity index (χ1n) is 19.5. The minimum atomic E-state index is -0.913. The first-order chi connectivity index (χ1) is 24.3. The molecule has 1 aromatic rings. The fraction of sp³-hybridized carbons (Fsp3) is 0.821. The Morgan fingerprint density at radius 3 is 1.90 bits per heavy atom. The van der Waals surface area contributed by atoms with Crippen LogP contribution in [-0.4, -0.2) is 59.8 Å². The van der Waals surface area contributed by atoms with Crippen molar-refractivity contribution < 1.29 is 48.0 Å². The topological polar surface area (TPSA) is 112 Å². The Bertz CT molecular complexity index is 1500. The fourth-order valence-corrected chi connectivity index (χ4v) is 12.0. The Kier molecular flexibility index (Phi) is 8.62. The molecule has 12 heteroatoms. The monoisotopic (exact) mass is 731 g/mol. The van der Waals surface area contributed by atoms with Gasteiger partial charge >= 0.3 is 6.09 Å². The maximum Gasteiger partial charge on any atom is 0.411 e. The van der Waals surface area contributed by atoms with Crippen molar-refractivity contribution in [2.75, 3.05) is 5.32 Å². The molecule has 0 unspecified atom stereocenters. The largest absolute Gasteiger partial charge is 0.443 e. The third-order valence-electron chi connectivity index (χ3n) is 14.7. The first-order valence-corrected chi connectivity index (χ1v) is 19.9. The summed E-state index contributed by atoms with van der Waals surface area (Å²) >= 11 is 6.13. The summed E-state index contributed by atoms with van der Waals surface area (Å²) in [5.74, 6) is -0.139. The smallest absolute Gasteiger partial charge is 0.411 e. The summed E-state index contributed by atoms with van der Waals surface area (Å²) in [5.41, 5.74) is -0.818. The maximum absolute atomic E-state index is 13.8. The van der Waals surface area contributed by atoms with E-state index in [0.29, 0.717) is 29.0 Å². The minimum absolute atomic E-state index is 0.0369. The van der Waals surface area contributed by atoms with Gasteiger partial charge < -0.3 is 23.7 Å². The lowest BCUT2D eigenvalue weighted by molar-refractivity contribution is -0.573. The third kappa shape index (κ3) is 5.46. The van der Waals surface area contributed by atoms with E-state index in [2.05, 4.69) is 33.0 Å². The lowest BCUT2D eigenvalue weighted by atomic mass is 9.56. The maximum atomic E-state index is 13.8. The number of amides is 1. The number of rotatable bonds is 5. The van der Waals surface area contributed by atoms with E-state index in [1.807, 2.05) is 13.8 Å². The standard InChI is InChI=1S/C39H54ClNO10/c1-20-7-13-28-22(3)30(43-33-38(28)26(20)15-17-36(5,46-33)48-50-38)19-31(44-35(42)41-25-11-9-24(40)10-12-25)32-23(4)29-14-8-21(2)27-16-18-37(6)47-34(45-32)39(27,29)51-49-37/h9-12,20-23,26-34H,7-8,13-19H2,1-6H3,(H,41,42)/t20-,21-,22-,23-,26+,27+,28+,29+,30-,31+,32+,33-,34-,36-,37-,38-,39-/m1/s1. The molecule has 1 N–H and O–H groups in total. The van der Waals surface area contributed by atoms with E-state index in [1.165, 1.54) is 0 Å². The quantitative estimate of drug-likeness (QED) is 0.298. The Balaban J connectivity index is 1.04. The molecular weight excluding hydrogens is 678 g/mol. The van der Waals surface area contributed by atoms with Gasteiger partial charge in [0.1, 0.15) is 12.2 Å². The van der Waals surface area contributed by atoms with Crippen LogP contribution >= 0.6 is 11.6 Å². The number of anilines is 1. The number of hydrogen-bond acceptors (Lipinski definition) is 10. The second-order valence-corrected chi connectivity index (χ2v) is 18.1. The van der Waals surface area contributed by atoms with Crippen LogP contribution in [0, 0.1) is 47.3 Å². The summed E-state index contributed by atoms with van der Waals surface area (Å²) in [5, 5.41) is 3.50. The summed E-state index contributed by atoms with van der Waals surface area (Å²) in [4.78, 5) is 38.8. The van der Waals surface area contributed by atoms with Crippen LogP contribution in [-0.2, 0) is 43.2 Å². The summed E-state index contributed by atoms with van der Waals surface area (Å²) in [6.45, 7) is 12.9. The van der Waals surface area contributed by atoms with Crippen LogP contribution < -0.4 is 5.32 Å². The van der Waals surface area contributed by atoms with Gasteiger partial charge in [0.25, 0.3) is 0 Å². The molecule has 11 nitrogen and oxygen atoms in total. The van der Waals surface area contributed by atoms with Crippen LogP contribution in [0.5, 0.6) is 0 Å². The van der Waals surface area contributed by atoms with Gasteiger partial charge in [0, 0.05) is 41.8 Å². The van der Waals surface area contributed by atoms with Crippen LogP contribution in [0.4, 0.5) is 10.5 Å². The van der Waals surface area contributed by atoms with E-state index in [-0.39, 0.29) is 41.6 Å². The zero-order valence-electron chi connectivity index (χ0n) is 30.6. The van der Waals surface area contributed by atoms with Crippen LogP contribution in [0.3, 0.4) is 0 Å². The lowest BCUT2D eigenvalue weighted by Crippen LogP contribution is -2.72. The molecule has 17 atom stereocenters. The molecule has 8 aliphatic heterocycles. The molecule has 10 aliphatic rings. The predicted octanol–water partition coefficient (Wildman–Crippen LogP) is 8.15. The highest BCUT2D eigenvalue weighted by molar-refractivity contribution is 6.30. The van der Waals surface area contributed by atoms with Crippen molar-refractivity contribution in [1.29, 1.82) is 0 Å². The van der Waals surface area contributed by atoms with Gasteiger partial charge in [-0.2, -0.15) is 0 Å². The number of benzene rings is 1. The van der Waals surface area contributed by atoms with Crippen molar-refractivity contribution in [2.45, 2.75) is 153 Å². The Morgan fingerprint density at radius 1 is 0.765 bits per heavy atom. The zero-order valence-corrected chi connectivity index (χ0v) is 31.4. The lowest BCUT2D eigenvalue weighted by Gasteiger charge is -2.62. The number of nitrogens with one attached hydrogen (secondary N) is 1. The van der Waals surface area contributed by atoms with Gasteiger partial charge in [-0.3, -0.25) is 5.32 Å². The number of hydrogen-bond donors (Lipinski definition) is 1. The Morgan fingerprint density at radius 2 is 1.31 bits per heavy atom. The average molecular weight is 732 g/mol. The van der Waals surface area contributed by atoms with Crippen molar-refractivity contribution >= 4 is 23.4 Å². The number of halogens is 1. The molecule has 2 spiro atoms. The number of carbonyl (C=O) groups is 1. The summed E-state index contributed by atoms with van der Waals surface area (Å²) in [6, 6.07) is 6.99. The SMILES string of the molecule is C[C@H]1[C@@H]([C@H](C[C@H]2O[C@@H]3O[C@@]4(C)CC[C@H]5[C@H](C)CC[C@@H]([C@H]2C)[C@@]35OO4)OC(=O)Nc2ccc(Cl)cc2)O[C@@H]2O[C@@]3(C)CC[C@H]4[C@H](C)CC[C@@H]1[C@@]24OO3. The normalized spacial score (nSPS) is 51.7. The van der Waals surface area contributed by atoms with E-state index in [9.17, 15) is 4.79 Å². The highest BCUT2D eigenvalue weighted by Gasteiger charge is 2.72. The molecule has 0 aromatic heterocycles. The molecule has 10 fully saturated rings. The van der Waals surface area contributed by atoms with E-state index >= 15 is 0 Å². The first kappa shape index (κ1) is 35.2. The molecule has 1 amide bonds. The number of ether oxygens (including phenoxy) is 5. The van der Waals surface area contributed by atoms with Crippen molar-refractivity contribution in [1.82, 2.24) is 0 Å². The molecule has 4 bridgehead atoms. The average Bonchev–Trinajstić information content (AvgIpc) is 3.47. The van der Waals surface area contributed by atoms with Gasteiger partial charge in [0.15, 0.2) is 23.8 Å². The molecule has 8 saturated heterocycles. The molecular formula is C39H54ClNO10.